The van der Waals surface area contributed by atoms with Crippen molar-refractivity contribution in [1.82, 2.24) is 10.3 Å². The SMILES string of the molecule is CCNC(Cc1cc(C)ccc1OC)c1ccncc1Cl. The molecule has 0 saturated heterocycles. The van der Waals surface area contributed by atoms with Crippen molar-refractivity contribution in [3.8, 4) is 5.75 Å². The number of benzene rings is 1. The second-order valence-electron chi connectivity index (χ2n) is 5.03. The summed E-state index contributed by atoms with van der Waals surface area (Å²) >= 11 is 6.29. The van der Waals surface area contributed by atoms with Gasteiger partial charge in [-0.2, -0.15) is 0 Å². The van der Waals surface area contributed by atoms with Crippen LogP contribution in [0.3, 0.4) is 0 Å². The molecule has 0 radical (unpaired) electrons. The number of halogens is 1. The lowest BCUT2D eigenvalue weighted by Gasteiger charge is -2.21. The van der Waals surface area contributed by atoms with Crippen LogP contribution in [0.25, 0.3) is 0 Å². The number of hydrogen-bond donors (Lipinski definition) is 1. The number of rotatable bonds is 6. The monoisotopic (exact) mass is 304 g/mol. The molecule has 1 atom stereocenters. The van der Waals surface area contributed by atoms with Gasteiger partial charge in [0.1, 0.15) is 5.75 Å². The van der Waals surface area contributed by atoms with Gasteiger partial charge in [0, 0.05) is 18.4 Å². The molecule has 1 N–H and O–H groups in total. The van der Waals surface area contributed by atoms with Gasteiger partial charge in [0.05, 0.1) is 12.1 Å². The Kier molecular flexibility index (Phi) is 5.59. The zero-order chi connectivity index (χ0) is 15.2. The lowest BCUT2D eigenvalue weighted by atomic mass is 9.97. The third-order valence-electron chi connectivity index (χ3n) is 3.49. The van der Waals surface area contributed by atoms with E-state index in [-0.39, 0.29) is 6.04 Å². The largest absolute Gasteiger partial charge is 0.496 e. The van der Waals surface area contributed by atoms with Gasteiger partial charge in [0.2, 0.25) is 0 Å². The number of hydrogen-bond acceptors (Lipinski definition) is 3. The number of aromatic nitrogens is 1. The fourth-order valence-electron chi connectivity index (χ4n) is 2.49. The molecule has 1 aromatic heterocycles. The molecule has 0 spiro atoms. The van der Waals surface area contributed by atoms with Crippen molar-refractivity contribution in [3.63, 3.8) is 0 Å². The molecule has 0 saturated carbocycles. The topological polar surface area (TPSA) is 34.1 Å². The van der Waals surface area contributed by atoms with E-state index in [4.69, 9.17) is 16.3 Å². The Morgan fingerprint density at radius 2 is 2.14 bits per heavy atom. The molecule has 1 heterocycles. The zero-order valence-corrected chi connectivity index (χ0v) is 13.4. The van der Waals surface area contributed by atoms with E-state index in [1.807, 2.05) is 12.1 Å². The molecule has 1 unspecified atom stereocenters. The van der Waals surface area contributed by atoms with Crippen LogP contribution in [0, 0.1) is 6.92 Å². The highest BCUT2D eigenvalue weighted by Crippen LogP contribution is 2.29. The van der Waals surface area contributed by atoms with Crippen LogP contribution >= 0.6 is 11.6 Å². The minimum absolute atomic E-state index is 0.140. The van der Waals surface area contributed by atoms with Crippen molar-refractivity contribution < 1.29 is 4.74 Å². The molecule has 2 aromatic rings. The normalized spacial score (nSPS) is 12.2. The summed E-state index contributed by atoms with van der Waals surface area (Å²) < 4.78 is 5.47. The van der Waals surface area contributed by atoms with Gasteiger partial charge < -0.3 is 10.1 Å². The number of pyridine rings is 1. The third kappa shape index (κ3) is 3.96. The van der Waals surface area contributed by atoms with Gasteiger partial charge in [0.25, 0.3) is 0 Å². The average Bonchev–Trinajstić information content (AvgIpc) is 2.48. The quantitative estimate of drug-likeness (QED) is 0.877. The molecule has 4 heteroatoms. The first-order valence-electron chi connectivity index (χ1n) is 7.12. The van der Waals surface area contributed by atoms with E-state index in [9.17, 15) is 0 Å². The highest BCUT2D eigenvalue weighted by atomic mass is 35.5. The van der Waals surface area contributed by atoms with Crippen molar-refractivity contribution in [2.75, 3.05) is 13.7 Å². The first-order chi connectivity index (χ1) is 10.2. The number of likely N-dealkylation sites (N-methyl/N-ethyl adjacent to an activating group) is 1. The zero-order valence-electron chi connectivity index (χ0n) is 12.7. The molecule has 0 aliphatic carbocycles. The second-order valence-corrected chi connectivity index (χ2v) is 5.43. The van der Waals surface area contributed by atoms with Gasteiger partial charge in [-0.15, -0.1) is 0 Å². The third-order valence-corrected chi connectivity index (χ3v) is 3.81. The molecule has 21 heavy (non-hydrogen) atoms. The number of nitrogens with one attached hydrogen (secondary N) is 1. The smallest absolute Gasteiger partial charge is 0.122 e. The summed E-state index contributed by atoms with van der Waals surface area (Å²) in [5.74, 6) is 0.911. The summed E-state index contributed by atoms with van der Waals surface area (Å²) in [6.45, 7) is 5.05. The summed E-state index contributed by atoms with van der Waals surface area (Å²) in [6, 6.07) is 8.35. The highest BCUT2D eigenvalue weighted by molar-refractivity contribution is 6.31. The first-order valence-corrected chi connectivity index (χ1v) is 7.49. The number of methoxy groups -OCH3 is 1. The second kappa shape index (κ2) is 7.43. The van der Waals surface area contributed by atoms with Crippen LogP contribution < -0.4 is 10.1 Å². The van der Waals surface area contributed by atoms with E-state index >= 15 is 0 Å². The lowest BCUT2D eigenvalue weighted by Crippen LogP contribution is -2.23. The maximum Gasteiger partial charge on any atom is 0.122 e. The van der Waals surface area contributed by atoms with Gasteiger partial charge >= 0.3 is 0 Å². The molecular formula is C17H21ClN2O. The number of ether oxygens (including phenoxy) is 1. The van der Waals surface area contributed by atoms with Crippen molar-refractivity contribution in [2.45, 2.75) is 26.3 Å². The van der Waals surface area contributed by atoms with Gasteiger partial charge in [-0.05, 0) is 43.1 Å². The summed E-state index contributed by atoms with van der Waals surface area (Å²) in [4.78, 5) is 4.06. The molecule has 0 aliphatic heterocycles. The van der Waals surface area contributed by atoms with E-state index in [0.717, 1.165) is 24.3 Å². The Balaban J connectivity index is 2.33. The number of nitrogens with zero attached hydrogens (tertiary/aromatic N) is 1. The van der Waals surface area contributed by atoms with Crippen molar-refractivity contribution >= 4 is 11.6 Å². The summed E-state index contributed by atoms with van der Waals surface area (Å²) in [5, 5.41) is 4.18. The van der Waals surface area contributed by atoms with Gasteiger partial charge in [0.15, 0.2) is 0 Å². The summed E-state index contributed by atoms with van der Waals surface area (Å²) in [5.41, 5.74) is 3.47. The van der Waals surface area contributed by atoms with Crippen LogP contribution in [0.1, 0.15) is 29.7 Å². The van der Waals surface area contributed by atoms with Crippen LogP contribution in [0.4, 0.5) is 0 Å². The van der Waals surface area contributed by atoms with Crippen molar-refractivity contribution in [3.05, 3.63) is 58.4 Å². The molecule has 0 aliphatic rings. The molecule has 0 fully saturated rings. The molecule has 112 valence electrons. The van der Waals surface area contributed by atoms with Crippen molar-refractivity contribution in [1.29, 1.82) is 0 Å². The Hall–Kier alpha value is -1.58. The van der Waals surface area contributed by atoms with E-state index in [0.29, 0.717) is 5.02 Å². The molecule has 2 rings (SSSR count). The van der Waals surface area contributed by atoms with Crippen LogP contribution in [-0.2, 0) is 6.42 Å². The Morgan fingerprint density at radius 3 is 2.81 bits per heavy atom. The number of aryl methyl sites for hydroxylation is 1. The molecule has 3 nitrogen and oxygen atoms in total. The standard InChI is InChI=1S/C17H21ClN2O/c1-4-20-16(14-7-8-19-11-15(14)18)10-13-9-12(2)5-6-17(13)21-3/h5-9,11,16,20H,4,10H2,1-3H3. The Labute approximate surface area is 131 Å². The first kappa shape index (κ1) is 15.8. The van der Waals surface area contributed by atoms with Gasteiger partial charge in [-0.3, -0.25) is 4.98 Å². The average molecular weight is 305 g/mol. The maximum atomic E-state index is 6.29. The lowest BCUT2D eigenvalue weighted by molar-refractivity contribution is 0.405. The minimum atomic E-state index is 0.140. The van der Waals surface area contributed by atoms with Crippen LogP contribution in [0.15, 0.2) is 36.7 Å². The maximum absolute atomic E-state index is 6.29. The van der Waals surface area contributed by atoms with Crippen molar-refractivity contribution in [2.24, 2.45) is 0 Å². The van der Waals surface area contributed by atoms with Crippen LogP contribution in [-0.4, -0.2) is 18.6 Å². The molecule has 0 bridgehead atoms. The van der Waals surface area contributed by atoms with E-state index < -0.39 is 0 Å². The van der Waals surface area contributed by atoms with Gasteiger partial charge in [-0.1, -0.05) is 36.2 Å². The molecular weight excluding hydrogens is 284 g/mol. The molecule has 0 amide bonds. The Bertz CT molecular complexity index is 601. The van der Waals surface area contributed by atoms with Crippen LogP contribution in [0.5, 0.6) is 5.75 Å². The fourth-order valence-corrected chi connectivity index (χ4v) is 2.74. The highest BCUT2D eigenvalue weighted by Gasteiger charge is 2.16. The predicted octanol–water partition coefficient (Wildman–Crippen LogP) is 3.95. The van der Waals surface area contributed by atoms with Crippen LogP contribution in [0.2, 0.25) is 5.02 Å². The fraction of sp³-hybridized carbons (Fsp3) is 0.353. The minimum Gasteiger partial charge on any atom is -0.496 e. The Morgan fingerprint density at radius 1 is 1.33 bits per heavy atom. The van der Waals surface area contributed by atoms with E-state index in [2.05, 4.69) is 36.3 Å². The van der Waals surface area contributed by atoms with Gasteiger partial charge in [-0.25, -0.2) is 0 Å². The predicted molar refractivity (Wildman–Crippen MR) is 87.1 cm³/mol. The van der Waals surface area contributed by atoms with E-state index in [1.165, 1.54) is 11.1 Å². The summed E-state index contributed by atoms with van der Waals surface area (Å²) in [7, 11) is 1.70. The van der Waals surface area contributed by atoms with E-state index in [1.54, 1.807) is 19.5 Å². The molecule has 1 aromatic carbocycles. The summed E-state index contributed by atoms with van der Waals surface area (Å²) in [6.07, 6.45) is 4.29.